The van der Waals surface area contributed by atoms with Crippen molar-refractivity contribution >= 4 is 26.7 Å². The van der Waals surface area contributed by atoms with Gasteiger partial charge in [-0.15, -0.1) is 0 Å². The van der Waals surface area contributed by atoms with E-state index in [0.717, 1.165) is 22.9 Å². The first-order valence-electron chi connectivity index (χ1n) is 10.3. The standard InChI is InChI=1S/C23H23F3N2O5S/c24-23(25,26)18-6-3-7-20(13-18)33-15-19(29)14-27-22(30)10-11-28-34(31,32)21-9-8-16-4-1-2-5-17(16)12-21/h1-9,12-13,19,28-29H,10-11,14-15H2,(H,27,30). The molecule has 3 rings (SSSR count). The summed E-state index contributed by atoms with van der Waals surface area (Å²) < 4.78 is 70.6. The summed E-state index contributed by atoms with van der Waals surface area (Å²) in [4.78, 5) is 12.0. The number of sulfonamides is 1. The molecule has 1 amide bonds. The van der Waals surface area contributed by atoms with Crippen molar-refractivity contribution < 1.29 is 36.2 Å². The predicted molar refractivity (Wildman–Crippen MR) is 120 cm³/mol. The van der Waals surface area contributed by atoms with Crippen LogP contribution in [0, 0.1) is 0 Å². The summed E-state index contributed by atoms with van der Waals surface area (Å²) in [5.74, 6) is -0.581. The third kappa shape index (κ3) is 7.17. The highest BCUT2D eigenvalue weighted by Crippen LogP contribution is 2.31. The maximum absolute atomic E-state index is 12.7. The average Bonchev–Trinajstić information content (AvgIpc) is 2.80. The maximum atomic E-state index is 12.7. The number of alkyl halides is 3. The first-order chi connectivity index (χ1) is 16.0. The minimum absolute atomic E-state index is 0.0664. The number of aliphatic hydroxyl groups is 1. The molecule has 1 atom stereocenters. The van der Waals surface area contributed by atoms with Crippen molar-refractivity contribution in [2.24, 2.45) is 0 Å². The Morgan fingerprint density at radius 3 is 2.47 bits per heavy atom. The van der Waals surface area contributed by atoms with Gasteiger partial charge in [0.15, 0.2) is 0 Å². The Bertz CT molecular complexity index is 1250. The third-order valence-corrected chi connectivity index (χ3v) is 6.27. The molecule has 0 aliphatic carbocycles. The van der Waals surface area contributed by atoms with E-state index < -0.39 is 33.8 Å². The smallest absolute Gasteiger partial charge is 0.416 e. The molecule has 7 nitrogen and oxygen atoms in total. The van der Waals surface area contributed by atoms with Crippen LogP contribution in [0.1, 0.15) is 12.0 Å². The van der Waals surface area contributed by atoms with Crippen LogP contribution in [0.5, 0.6) is 5.75 Å². The van der Waals surface area contributed by atoms with Crippen LogP contribution in [-0.4, -0.2) is 45.2 Å². The number of ether oxygens (including phenoxy) is 1. The number of hydrogen-bond acceptors (Lipinski definition) is 5. The number of amides is 1. The summed E-state index contributed by atoms with van der Waals surface area (Å²) in [5, 5.41) is 14.0. The van der Waals surface area contributed by atoms with Crippen LogP contribution >= 0.6 is 0 Å². The topological polar surface area (TPSA) is 105 Å². The molecule has 0 saturated heterocycles. The van der Waals surface area contributed by atoms with Gasteiger partial charge in [0.05, 0.1) is 10.5 Å². The van der Waals surface area contributed by atoms with Gasteiger partial charge in [-0.3, -0.25) is 4.79 Å². The predicted octanol–water partition coefficient (Wildman–Crippen LogP) is 3.08. The lowest BCUT2D eigenvalue weighted by Crippen LogP contribution is -2.37. The molecule has 0 saturated carbocycles. The number of carbonyl (C=O) groups is 1. The average molecular weight is 497 g/mol. The van der Waals surface area contributed by atoms with Gasteiger partial charge in [-0.2, -0.15) is 13.2 Å². The molecule has 34 heavy (non-hydrogen) atoms. The normalized spacial score (nSPS) is 12.9. The van der Waals surface area contributed by atoms with Gasteiger partial charge >= 0.3 is 6.18 Å². The number of hydrogen-bond donors (Lipinski definition) is 3. The Morgan fingerprint density at radius 2 is 1.74 bits per heavy atom. The van der Waals surface area contributed by atoms with Gasteiger partial charge in [0.2, 0.25) is 15.9 Å². The Morgan fingerprint density at radius 1 is 1.00 bits per heavy atom. The lowest BCUT2D eigenvalue weighted by atomic mass is 10.1. The molecule has 3 aromatic rings. The number of rotatable bonds is 10. The molecular weight excluding hydrogens is 473 g/mol. The fourth-order valence-corrected chi connectivity index (χ4v) is 4.12. The Hall–Kier alpha value is -3.15. The zero-order chi connectivity index (χ0) is 24.8. The van der Waals surface area contributed by atoms with Crippen LogP contribution < -0.4 is 14.8 Å². The number of carbonyl (C=O) groups excluding carboxylic acids is 1. The number of nitrogens with one attached hydrogen (secondary N) is 2. The summed E-state index contributed by atoms with van der Waals surface area (Å²) in [5.41, 5.74) is -0.876. The Balaban J connectivity index is 1.40. The molecule has 0 bridgehead atoms. The Kier molecular flexibility index (Phi) is 8.13. The van der Waals surface area contributed by atoms with Gasteiger partial charge in [-0.25, -0.2) is 13.1 Å². The molecule has 0 aliphatic rings. The fraction of sp³-hybridized carbons (Fsp3) is 0.261. The van der Waals surface area contributed by atoms with Crippen molar-refractivity contribution in [1.82, 2.24) is 10.0 Å². The van der Waals surface area contributed by atoms with Crippen LogP contribution in [-0.2, 0) is 21.0 Å². The number of benzene rings is 3. The molecule has 3 N–H and O–H groups in total. The maximum Gasteiger partial charge on any atom is 0.416 e. The summed E-state index contributed by atoms with van der Waals surface area (Å²) in [6, 6.07) is 16.2. The first kappa shape index (κ1) is 25.5. The third-order valence-electron chi connectivity index (χ3n) is 4.81. The number of fused-ring (bicyclic) bond motifs is 1. The Labute approximate surface area is 194 Å². The lowest BCUT2D eigenvalue weighted by Gasteiger charge is -2.14. The van der Waals surface area contributed by atoms with E-state index in [9.17, 15) is 31.5 Å². The zero-order valence-corrected chi connectivity index (χ0v) is 18.7. The molecule has 3 aromatic carbocycles. The van der Waals surface area contributed by atoms with E-state index in [1.165, 1.54) is 18.2 Å². The van der Waals surface area contributed by atoms with Crippen LogP contribution in [0.3, 0.4) is 0 Å². The van der Waals surface area contributed by atoms with Crippen molar-refractivity contribution in [2.75, 3.05) is 19.7 Å². The largest absolute Gasteiger partial charge is 0.491 e. The number of aliphatic hydroxyl groups excluding tert-OH is 1. The molecular formula is C23H23F3N2O5S. The lowest BCUT2D eigenvalue weighted by molar-refractivity contribution is -0.137. The quantitative estimate of drug-likeness (QED) is 0.400. The molecule has 11 heteroatoms. The van der Waals surface area contributed by atoms with Crippen molar-refractivity contribution in [3.63, 3.8) is 0 Å². The van der Waals surface area contributed by atoms with Gasteiger partial charge in [0.1, 0.15) is 18.5 Å². The highest BCUT2D eigenvalue weighted by atomic mass is 32.2. The summed E-state index contributed by atoms with van der Waals surface area (Å²) in [7, 11) is -3.81. The van der Waals surface area contributed by atoms with E-state index >= 15 is 0 Å². The van der Waals surface area contributed by atoms with Gasteiger partial charge in [-0.1, -0.05) is 36.4 Å². The van der Waals surface area contributed by atoms with E-state index in [1.807, 2.05) is 12.1 Å². The summed E-state index contributed by atoms with van der Waals surface area (Å²) in [6.45, 7) is -0.705. The molecule has 0 spiro atoms. The van der Waals surface area contributed by atoms with E-state index in [4.69, 9.17) is 4.74 Å². The van der Waals surface area contributed by atoms with E-state index in [0.29, 0.717) is 0 Å². The second-order valence-corrected chi connectivity index (χ2v) is 9.22. The molecule has 0 radical (unpaired) electrons. The minimum Gasteiger partial charge on any atom is -0.491 e. The van der Waals surface area contributed by atoms with Crippen LogP contribution in [0.2, 0.25) is 0 Å². The summed E-state index contributed by atoms with van der Waals surface area (Å²) in [6.07, 6.45) is -5.86. The van der Waals surface area contributed by atoms with Crippen molar-refractivity contribution in [1.29, 1.82) is 0 Å². The van der Waals surface area contributed by atoms with Gasteiger partial charge < -0.3 is 15.2 Å². The molecule has 0 aliphatic heterocycles. The van der Waals surface area contributed by atoms with E-state index in [-0.39, 0.29) is 36.8 Å². The zero-order valence-electron chi connectivity index (χ0n) is 17.9. The molecule has 1 unspecified atom stereocenters. The minimum atomic E-state index is -4.51. The van der Waals surface area contributed by atoms with E-state index in [2.05, 4.69) is 10.0 Å². The number of halogens is 3. The van der Waals surface area contributed by atoms with Gasteiger partial charge in [0, 0.05) is 19.5 Å². The van der Waals surface area contributed by atoms with Crippen LogP contribution in [0.25, 0.3) is 10.8 Å². The van der Waals surface area contributed by atoms with Crippen molar-refractivity contribution in [3.05, 3.63) is 72.3 Å². The molecule has 0 aromatic heterocycles. The van der Waals surface area contributed by atoms with Crippen LogP contribution in [0.15, 0.2) is 71.6 Å². The molecule has 182 valence electrons. The van der Waals surface area contributed by atoms with Crippen molar-refractivity contribution in [2.45, 2.75) is 23.6 Å². The van der Waals surface area contributed by atoms with Gasteiger partial charge in [-0.05, 0) is 41.1 Å². The first-order valence-corrected chi connectivity index (χ1v) is 11.8. The second-order valence-electron chi connectivity index (χ2n) is 7.45. The highest BCUT2D eigenvalue weighted by molar-refractivity contribution is 7.89. The second kappa shape index (κ2) is 10.9. The van der Waals surface area contributed by atoms with Gasteiger partial charge in [0.25, 0.3) is 0 Å². The van der Waals surface area contributed by atoms with Crippen molar-refractivity contribution in [3.8, 4) is 5.75 Å². The SMILES string of the molecule is O=C(CCNS(=O)(=O)c1ccc2ccccc2c1)NCC(O)COc1cccc(C(F)(F)F)c1. The fourth-order valence-electron chi connectivity index (χ4n) is 3.05. The monoisotopic (exact) mass is 496 g/mol. The summed E-state index contributed by atoms with van der Waals surface area (Å²) >= 11 is 0. The molecule has 0 fully saturated rings. The highest BCUT2D eigenvalue weighted by Gasteiger charge is 2.30. The molecule has 0 heterocycles. The van der Waals surface area contributed by atoms with Crippen LogP contribution in [0.4, 0.5) is 13.2 Å². The van der Waals surface area contributed by atoms with E-state index in [1.54, 1.807) is 24.3 Å².